The molecule has 0 bridgehead atoms. The van der Waals surface area contributed by atoms with Gasteiger partial charge in [-0.1, -0.05) is 13.8 Å². The highest BCUT2D eigenvalue weighted by Crippen LogP contribution is 2.28. The zero-order valence-corrected chi connectivity index (χ0v) is 13.7. The van der Waals surface area contributed by atoms with Crippen molar-refractivity contribution in [1.82, 2.24) is 9.97 Å². The van der Waals surface area contributed by atoms with Crippen molar-refractivity contribution in [2.75, 3.05) is 30.3 Å². The standard InChI is InChI=1S/C14H23BrN4O/c1-3-6-16-13-12(15)14(19-9-18-13)17-8-10-5-7-20-11(10)4-2/h9-11H,3-8H2,1-2H3,(H2,16,17,18,19). The molecule has 0 aromatic carbocycles. The summed E-state index contributed by atoms with van der Waals surface area (Å²) in [7, 11) is 0. The molecular formula is C14H23BrN4O. The topological polar surface area (TPSA) is 59.1 Å². The molecule has 1 aliphatic heterocycles. The molecule has 1 saturated heterocycles. The van der Waals surface area contributed by atoms with Gasteiger partial charge in [-0.05, 0) is 35.2 Å². The van der Waals surface area contributed by atoms with Crippen LogP contribution in [0.5, 0.6) is 0 Å². The number of nitrogens with zero attached hydrogens (tertiary/aromatic N) is 2. The molecule has 2 atom stereocenters. The molecular weight excluding hydrogens is 320 g/mol. The van der Waals surface area contributed by atoms with Gasteiger partial charge in [-0.3, -0.25) is 0 Å². The van der Waals surface area contributed by atoms with Crippen LogP contribution in [0.4, 0.5) is 11.6 Å². The lowest BCUT2D eigenvalue weighted by atomic mass is 10.00. The molecule has 0 aliphatic carbocycles. The fourth-order valence-corrected chi connectivity index (χ4v) is 2.95. The number of ether oxygens (including phenoxy) is 1. The van der Waals surface area contributed by atoms with E-state index in [1.54, 1.807) is 6.33 Å². The van der Waals surface area contributed by atoms with Crippen molar-refractivity contribution in [1.29, 1.82) is 0 Å². The van der Waals surface area contributed by atoms with Gasteiger partial charge in [-0.15, -0.1) is 0 Å². The zero-order chi connectivity index (χ0) is 14.4. The maximum atomic E-state index is 5.71. The Morgan fingerprint density at radius 2 is 2.05 bits per heavy atom. The Bertz CT molecular complexity index is 430. The Morgan fingerprint density at radius 1 is 1.30 bits per heavy atom. The van der Waals surface area contributed by atoms with Gasteiger partial charge in [0, 0.05) is 25.6 Å². The predicted octanol–water partition coefficient (Wildman–Crippen LogP) is 3.29. The molecule has 112 valence electrons. The van der Waals surface area contributed by atoms with Crippen molar-refractivity contribution in [2.45, 2.75) is 39.2 Å². The van der Waals surface area contributed by atoms with Crippen molar-refractivity contribution >= 4 is 27.6 Å². The van der Waals surface area contributed by atoms with Crippen LogP contribution in [0.1, 0.15) is 33.1 Å². The molecule has 2 heterocycles. The van der Waals surface area contributed by atoms with Crippen molar-refractivity contribution in [2.24, 2.45) is 5.92 Å². The van der Waals surface area contributed by atoms with E-state index in [0.717, 1.165) is 55.1 Å². The first-order chi connectivity index (χ1) is 9.76. The lowest BCUT2D eigenvalue weighted by Gasteiger charge is -2.18. The van der Waals surface area contributed by atoms with Crippen molar-refractivity contribution in [3.05, 3.63) is 10.8 Å². The summed E-state index contributed by atoms with van der Waals surface area (Å²) in [6, 6.07) is 0. The van der Waals surface area contributed by atoms with Gasteiger partial charge in [0.15, 0.2) is 0 Å². The monoisotopic (exact) mass is 342 g/mol. The normalized spacial score (nSPS) is 21.9. The third-order valence-corrected chi connectivity index (χ3v) is 4.36. The van der Waals surface area contributed by atoms with Gasteiger partial charge in [-0.25, -0.2) is 9.97 Å². The highest BCUT2D eigenvalue weighted by molar-refractivity contribution is 9.10. The number of anilines is 2. The fourth-order valence-electron chi connectivity index (χ4n) is 2.46. The predicted molar refractivity (Wildman–Crippen MR) is 85.1 cm³/mol. The number of hydrogen-bond donors (Lipinski definition) is 2. The smallest absolute Gasteiger partial charge is 0.145 e. The van der Waals surface area contributed by atoms with Gasteiger partial charge in [-0.2, -0.15) is 0 Å². The van der Waals surface area contributed by atoms with E-state index in [1.165, 1.54) is 0 Å². The van der Waals surface area contributed by atoms with Crippen LogP contribution in [0.15, 0.2) is 10.8 Å². The molecule has 2 N–H and O–H groups in total. The summed E-state index contributed by atoms with van der Waals surface area (Å²) in [5, 5.41) is 6.71. The van der Waals surface area contributed by atoms with Crippen LogP contribution in [-0.4, -0.2) is 35.8 Å². The Morgan fingerprint density at radius 3 is 2.75 bits per heavy atom. The van der Waals surface area contributed by atoms with Crippen molar-refractivity contribution < 1.29 is 4.74 Å². The number of halogens is 1. The average Bonchev–Trinajstić information content (AvgIpc) is 2.92. The molecule has 0 saturated carbocycles. The number of aromatic nitrogens is 2. The van der Waals surface area contributed by atoms with Crippen LogP contribution in [0.25, 0.3) is 0 Å². The minimum Gasteiger partial charge on any atom is -0.378 e. The second-order valence-electron chi connectivity index (χ2n) is 5.06. The fraction of sp³-hybridized carbons (Fsp3) is 0.714. The van der Waals surface area contributed by atoms with Gasteiger partial charge >= 0.3 is 0 Å². The van der Waals surface area contributed by atoms with E-state index in [1.807, 2.05) is 0 Å². The van der Waals surface area contributed by atoms with Crippen molar-refractivity contribution in [3.8, 4) is 0 Å². The first kappa shape index (κ1) is 15.5. The Hall–Kier alpha value is -0.880. The molecule has 0 radical (unpaired) electrons. The number of hydrogen-bond acceptors (Lipinski definition) is 5. The molecule has 2 unspecified atom stereocenters. The van der Waals surface area contributed by atoms with E-state index < -0.39 is 0 Å². The van der Waals surface area contributed by atoms with E-state index in [-0.39, 0.29) is 0 Å². The molecule has 0 amide bonds. The van der Waals surface area contributed by atoms with E-state index in [0.29, 0.717) is 12.0 Å². The summed E-state index contributed by atoms with van der Waals surface area (Å²) in [5.74, 6) is 2.26. The summed E-state index contributed by atoms with van der Waals surface area (Å²) < 4.78 is 6.62. The summed E-state index contributed by atoms with van der Waals surface area (Å²) >= 11 is 3.57. The van der Waals surface area contributed by atoms with Crippen LogP contribution < -0.4 is 10.6 Å². The van der Waals surface area contributed by atoms with Crippen LogP contribution in [-0.2, 0) is 4.74 Å². The van der Waals surface area contributed by atoms with Gasteiger partial charge in [0.1, 0.15) is 22.4 Å². The molecule has 20 heavy (non-hydrogen) atoms. The molecule has 1 fully saturated rings. The van der Waals surface area contributed by atoms with Crippen LogP contribution in [0.2, 0.25) is 0 Å². The molecule has 5 nitrogen and oxygen atoms in total. The summed E-state index contributed by atoms with van der Waals surface area (Å²) in [5.41, 5.74) is 0. The van der Waals surface area contributed by atoms with Gasteiger partial charge < -0.3 is 15.4 Å². The molecule has 1 aromatic rings. The minimum atomic E-state index is 0.376. The Kier molecular flexibility index (Phi) is 6.04. The average molecular weight is 343 g/mol. The molecule has 6 heteroatoms. The quantitative estimate of drug-likeness (QED) is 0.796. The van der Waals surface area contributed by atoms with Crippen molar-refractivity contribution in [3.63, 3.8) is 0 Å². The second-order valence-corrected chi connectivity index (χ2v) is 5.85. The maximum Gasteiger partial charge on any atom is 0.145 e. The van der Waals surface area contributed by atoms with E-state index in [4.69, 9.17) is 4.74 Å². The van der Waals surface area contributed by atoms with Crippen LogP contribution in [0.3, 0.4) is 0 Å². The molecule has 0 spiro atoms. The first-order valence-electron chi connectivity index (χ1n) is 7.36. The highest BCUT2D eigenvalue weighted by atomic mass is 79.9. The van der Waals surface area contributed by atoms with E-state index in [9.17, 15) is 0 Å². The SMILES string of the molecule is CCCNc1ncnc(NCC2CCOC2CC)c1Br. The zero-order valence-electron chi connectivity index (χ0n) is 12.2. The van der Waals surface area contributed by atoms with E-state index >= 15 is 0 Å². The lowest BCUT2D eigenvalue weighted by Crippen LogP contribution is -2.23. The summed E-state index contributed by atoms with van der Waals surface area (Å²) in [4.78, 5) is 8.56. The first-order valence-corrected chi connectivity index (χ1v) is 8.15. The largest absolute Gasteiger partial charge is 0.378 e. The lowest BCUT2D eigenvalue weighted by molar-refractivity contribution is 0.0900. The third-order valence-electron chi connectivity index (χ3n) is 3.61. The van der Waals surface area contributed by atoms with Gasteiger partial charge in [0.25, 0.3) is 0 Å². The second kappa shape index (κ2) is 7.78. The molecule has 2 rings (SSSR count). The van der Waals surface area contributed by atoms with Crippen LogP contribution in [0, 0.1) is 5.92 Å². The third kappa shape index (κ3) is 3.82. The number of rotatable bonds is 7. The van der Waals surface area contributed by atoms with E-state index in [2.05, 4.69) is 50.4 Å². The molecule has 1 aliphatic rings. The number of nitrogens with one attached hydrogen (secondary N) is 2. The highest BCUT2D eigenvalue weighted by Gasteiger charge is 2.26. The molecule has 1 aromatic heterocycles. The Labute approximate surface area is 129 Å². The van der Waals surface area contributed by atoms with Crippen LogP contribution >= 0.6 is 15.9 Å². The van der Waals surface area contributed by atoms with Gasteiger partial charge in [0.05, 0.1) is 6.10 Å². The Balaban J connectivity index is 1.95. The summed E-state index contributed by atoms with van der Waals surface area (Å²) in [6.45, 7) is 6.98. The van der Waals surface area contributed by atoms with Gasteiger partial charge in [0.2, 0.25) is 0 Å². The summed E-state index contributed by atoms with van der Waals surface area (Å²) in [6.07, 6.45) is 5.22. The maximum absolute atomic E-state index is 5.71. The minimum absolute atomic E-state index is 0.376.